The Balaban J connectivity index is 1.21. The number of fused-ring (bicyclic) bond motifs is 1. The van der Waals surface area contributed by atoms with Gasteiger partial charge < -0.3 is 19.7 Å². The molecule has 1 aromatic carbocycles. The second kappa shape index (κ2) is 8.64. The van der Waals surface area contributed by atoms with Gasteiger partial charge in [-0.05, 0) is 48.7 Å². The number of rotatable bonds is 4. The lowest BCUT2D eigenvalue weighted by atomic mass is 9.96. The molecular formula is C21H20N4O4S2. The number of carbonyl (C=O) groups is 2. The van der Waals surface area contributed by atoms with E-state index in [4.69, 9.17) is 9.47 Å². The molecular weight excluding hydrogens is 436 g/mol. The number of aromatic nitrogens is 2. The molecule has 1 N–H and O–H groups in total. The fraction of sp³-hybridized carbons (Fsp3) is 0.333. The van der Waals surface area contributed by atoms with Crippen molar-refractivity contribution in [3.63, 3.8) is 0 Å². The van der Waals surface area contributed by atoms with Crippen LogP contribution in [0.4, 0.5) is 5.13 Å². The first kappa shape index (κ1) is 20.0. The summed E-state index contributed by atoms with van der Waals surface area (Å²) >= 11 is 2.76. The van der Waals surface area contributed by atoms with Crippen LogP contribution in [0.25, 0.3) is 10.4 Å². The highest BCUT2D eigenvalue weighted by atomic mass is 32.1. The van der Waals surface area contributed by atoms with Gasteiger partial charge in [0, 0.05) is 23.9 Å². The predicted molar refractivity (Wildman–Crippen MR) is 118 cm³/mol. The molecule has 1 saturated heterocycles. The zero-order chi connectivity index (χ0) is 21.2. The molecule has 8 nitrogen and oxygen atoms in total. The quantitative estimate of drug-likeness (QED) is 0.646. The van der Waals surface area contributed by atoms with Crippen LogP contribution in [0.3, 0.4) is 0 Å². The summed E-state index contributed by atoms with van der Waals surface area (Å²) in [4.78, 5) is 28.9. The van der Waals surface area contributed by atoms with Crippen molar-refractivity contribution in [1.82, 2.24) is 15.1 Å². The lowest BCUT2D eigenvalue weighted by Gasteiger charge is -2.30. The van der Waals surface area contributed by atoms with Gasteiger partial charge in [-0.3, -0.25) is 9.59 Å². The highest BCUT2D eigenvalue weighted by Gasteiger charge is 2.29. The lowest BCUT2D eigenvalue weighted by Crippen LogP contribution is -2.41. The number of benzene rings is 1. The van der Waals surface area contributed by atoms with Gasteiger partial charge in [0.2, 0.25) is 11.0 Å². The van der Waals surface area contributed by atoms with Gasteiger partial charge in [0.05, 0.1) is 4.88 Å². The van der Waals surface area contributed by atoms with Crippen molar-refractivity contribution in [2.75, 3.05) is 31.6 Å². The summed E-state index contributed by atoms with van der Waals surface area (Å²) in [7, 11) is 0. The minimum absolute atomic E-state index is 0.0109. The van der Waals surface area contributed by atoms with E-state index in [1.165, 1.54) is 22.7 Å². The Morgan fingerprint density at radius 2 is 1.87 bits per heavy atom. The number of nitrogens with zero attached hydrogens (tertiary/aromatic N) is 3. The third-order valence-electron chi connectivity index (χ3n) is 5.39. The van der Waals surface area contributed by atoms with E-state index in [9.17, 15) is 9.59 Å². The number of amides is 2. The first-order valence-corrected chi connectivity index (χ1v) is 11.7. The van der Waals surface area contributed by atoms with Crippen molar-refractivity contribution < 1.29 is 19.1 Å². The molecule has 2 amide bonds. The van der Waals surface area contributed by atoms with Crippen LogP contribution in [-0.2, 0) is 4.79 Å². The smallest absolute Gasteiger partial charge is 0.263 e. The average Bonchev–Trinajstić information content (AvgIpc) is 3.51. The van der Waals surface area contributed by atoms with E-state index in [2.05, 4.69) is 15.5 Å². The van der Waals surface area contributed by atoms with Crippen LogP contribution in [0.2, 0.25) is 0 Å². The first-order chi connectivity index (χ1) is 15.2. The van der Waals surface area contributed by atoms with Gasteiger partial charge in [-0.2, -0.15) is 0 Å². The summed E-state index contributed by atoms with van der Waals surface area (Å²) in [5.74, 6) is 1.32. The van der Waals surface area contributed by atoms with E-state index in [0.717, 1.165) is 21.9 Å². The zero-order valence-electron chi connectivity index (χ0n) is 16.6. The van der Waals surface area contributed by atoms with Crippen molar-refractivity contribution >= 4 is 39.6 Å². The molecule has 0 aliphatic carbocycles. The Bertz CT molecular complexity index is 1090. The van der Waals surface area contributed by atoms with E-state index >= 15 is 0 Å². The van der Waals surface area contributed by atoms with Gasteiger partial charge in [-0.25, -0.2) is 0 Å². The summed E-state index contributed by atoms with van der Waals surface area (Å²) in [6, 6.07) is 9.67. The largest absolute Gasteiger partial charge is 0.486 e. The molecule has 5 rings (SSSR count). The van der Waals surface area contributed by atoms with E-state index in [0.29, 0.717) is 49.2 Å². The standard InChI is InChI=1S/C21H20N4O4S2/c26-19(23-21-24-22-12-30-21)13-5-7-25(8-6-13)20(27)18-4-3-17(31-18)14-1-2-15-16(11-14)29-10-9-28-15/h1-4,11-13H,5-10H2,(H,23,24,26). The minimum Gasteiger partial charge on any atom is -0.486 e. The molecule has 1 fully saturated rings. The third kappa shape index (κ3) is 4.26. The van der Waals surface area contributed by atoms with Gasteiger partial charge in [0.25, 0.3) is 5.91 Å². The summed E-state index contributed by atoms with van der Waals surface area (Å²) in [5.41, 5.74) is 2.58. The SMILES string of the molecule is O=C(Nc1nncs1)C1CCN(C(=O)c2ccc(-c3ccc4c(c3)OCCO4)s2)CC1. The molecule has 4 heterocycles. The van der Waals surface area contributed by atoms with Gasteiger partial charge in [-0.1, -0.05) is 11.3 Å². The Kier molecular flexibility index (Phi) is 5.56. The Morgan fingerprint density at radius 3 is 2.65 bits per heavy atom. The molecule has 3 aromatic rings. The molecule has 0 atom stereocenters. The second-order valence-electron chi connectivity index (χ2n) is 7.32. The van der Waals surface area contributed by atoms with Gasteiger partial charge in [-0.15, -0.1) is 21.5 Å². The maximum Gasteiger partial charge on any atom is 0.263 e. The van der Waals surface area contributed by atoms with Crippen molar-refractivity contribution in [3.05, 3.63) is 40.7 Å². The number of likely N-dealkylation sites (tertiary alicyclic amines) is 1. The fourth-order valence-corrected chi connectivity index (χ4v) is 5.16. The topological polar surface area (TPSA) is 93.7 Å². The maximum atomic E-state index is 13.0. The summed E-state index contributed by atoms with van der Waals surface area (Å²) in [6.45, 7) is 2.22. The maximum absolute atomic E-state index is 13.0. The molecule has 31 heavy (non-hydrogen) atoms. The number of carbonyl (C=O) groups excluding carboxylic acids is 2. The van der Waals surface area contributed by atoms with Gasteiger partial charge in [0.15, 0.2) is 11.5 Å². The molecule has 0 radical (unpaired) electrons. The summed E-state index contributed by atoms with van der Waals surface area (Å²) < 4.78 is 11.2. The lowest BCUT2D eigenvalue weighted by molar-refractivity contribution is -0.121. The first-order valence-electron chi connectivity index (χ1n) is 10.0. The number of piperidine rings is 1. The van der Waals surface area contributed by atoms with Crippen LogP contribution in [-0.4, -0.2) is 53.2 Å². The van der Waals surface area contributed by atoms with Crippen LogP contribution in [0.5, 0.6) is 11.5 Å². The van der Waals surface area contributed by atoms with Crippen LogP contribution in [0, 0.1) is 5.92 Å². The third-order valence-corrected chi connectivity index (χ3v) is 7.12. The highest BCUT2D eigenvalue weighted by Crippen LogP contribution is 2.37. The molecule has 2 aliphatic heterocycles. The van der Waals surface area contributed by atoms with Crippen LogP contribution in [0.15, 0.2) is 35.8 Å². The molecule has 160 valence electrons. The molecule has 0 bridgehead atoms. The summed E-state index contributed by atoms with van der Waals surface area (Å²) in [6.07, 6.45) is 1.27. The number of ether oxygens (including phenoxy) is 2. The Hall–Kier alpha value is -2.98. The molecule has 10 heteroatoms. The van der Waals surface area contributed by atoms with Crippen LogP contribution < -0.4 is 14.8 Å². The fourth-order valence-electron chi connectivity index (χ4n) is 3.74. The molecule has 0 unspecified atom stereocenters. The number of nitrogens with one attached hydrogen (secondary N) is 1. The highest BCUT2D eigenvalue weighted by molar-refractivity contribution is 7.17. The number of anilines is 1. The van der Waals surface area contributed by atoms with Crippen molar-refractivity contribution in [2.45, 2.75) is 12.8 Å². The molecule has 0 spiro atoms. The van der Waals surface area contributed by atoms with E-state index in [1.807, 2.05) is 35.2 Å². The zero-order valence-corrected chi connectivity index (χ0v) is 18.2. The van der Waals surface area contributed by atoms with E-state index < -0.39 is 0 Å². The molecule has 2 aliphatic rings. The number of thiophene rings is 1. The Labute approximate surface area is 186 Å². The number of hydrogen-bond acceptors (Lipinski definition) is 8. The monoisotopic (exact) mass is 456 g/mol. The van der Waals surface area contributed by atoms with Gasteiger partial charge >= 0.3 is 0 Å². The average molecular weight is 457 g/mol. The number of hydrogen-bond donors (Lipinski definition) is 1. The van der Waals surface area contributed by atoms with Crippen molar-refractivity contribution in [1.29, 1.82) is 0 Å². The van der Waals surface area contributed by atoms with Crippen molar-refractivity contribution in [3.8, 4) is 21.9 Å². The van der Waals surface area contributed by atoms with Crippen LogP contribution >= 0.6 is 22.7 Å². The van der Waals surface area contributed by atoms with E-state index in [1.54, 1.807) is 5.51 Å². The predicted octanol–water partition coefficient (Wildman–Crippen LogP) is 3.53. The second-order valence-corrected chi connectivity index (χ2v) is 9.24. The molecule has 2 aromatic heterocycles. The summed E-state index contributed by atoms with van der Waals surface area (Å²) in [5, 5.41) is 10.9. The minimum atomic E-state index is -0.121. The molecule has 0 saturated carbocycles. The normalized spacial score (nSPS) is 16.2. The van der Waals surface area contributed by atoms with Crippen LogP contribution in [0.1, 0.15) is 22.5 Å². The van der Waals surface area contributed by atoms with Gasteiger partial charge in [0.1, 0.15) is 18.7 Å². The van der Waals surface area contributed by atoms with E-state index in [-0.39, 0.29) is 17.7 Å². The van der Waals surface area contributed by atoms with Crippen molar-refractivity contribution in [2.24, 2.45) is 5.92 Å². The Morgan fingerprint density at radius 1 is 1.06 bits per heavy atom.